The van der Waals surface area contributed by atoms with Gasteiger partial charge in [-0.3, -0.25) is 4.68 Å². The number of rotatable bonds is 4. The summed E-state index contributed by atoms with van der Waals surface area (Å²) in [5.41, 5.74) is 1.05. The molecule has 2 atom stereocenters. The third kappa shape index (κ3) is 3.16. The largest absolute Gasteiger partial charge is 0.351 e. The highest BCUT2D eigenvalue weighted by atomic mass is 15.3. The minimum atomic E-state index is 0.275. The summed E-state index contributed by atoms with van der Waals surface area (Å²) in [6, 6.07) is 2.83. The molecule has 2 aromatic rings. The molecule has 0 amide bonds. The van der Waals surface area contributed by atoms with Crippen molar-refractivity contribution < 1.29 is 0 Å². The number of aromatic nitrogens is 4. The molecule has 3 heterocycles. The van der Waals surface area contributed by atoms with Gasteiger partial charge < -0.3 is 15.5 Å². The van der Waals surface area contributed by atoms with Crippen LogP contribution in [0.25, 0.3) is 0 Å². The molecule has 2 N–H and O–H groups in total. The van der Waals surface area contributed by atoms with E-state index in [9.17, 15) is 5.26 Å². The van der Waals surface area contributed by atoms with Gasteiger partial charge in [-0.2, -0.15) is 10.4 Å². The van der Waals surface area contributed by atoms with Crippen molar-refractivity contribution in [1.29, 1.82) is 5.26 Å². The molecular formula is C16H22N8. The normalized spacial score (nSPS) is 20.7. The zero-order valence-electron chi connectivity index (χ0n) is 14.2. The summed E-state index contributed by atoms with van der Waals surface area (Å²) in [5.74, 6) is 1.25. The summed E-state index contributed by atoms with van der Waals surface area (Å²) in [6.45, 7) is 3.13. The van der Waals surface area contributed by atoms with Crippen molar-refractivity contribution in [2.75, 3.05) is 23.8 Å². The monoisotopic (exact) mass is 326 g/mol. The van der Waals surface area contributed by atoms with Crippen molar-refractivity contribution in [2.45, 2.75) is 31.8 Å². The Hall–Kier alpha value is -2.66. The molecule has 2 aromatic heterocycles. The van der Waals surface area contributed by atoms with E-state index in [4.69, 9.17) is 0 Å². The van der Waals surface area contributed by atoms with E-state index in [1.165, 1.54) is 0 Å². The molecule has 1 fully saturated rings. The van der Waals surface area contributed by atoms with Gasteiger partial charge in [0.1, 0.15) is 11.9 Å². The highest BCUT2D eigenvalue weighted by Gasteiger charge is 2.28. The Kier molecular flexibility index (Phi) is 4.62. The summed E-state index contributed by atoms with van der Waals surface area (Å²) < 4.78 is 1.69. The number of nitrogens with one attached hydrogen (secondary N) is 2. The first-order chi connectivity index (χ1) is 11.6. The maximum atomic E-state index is 9.30. The molecule has 0 saturated carbocycles. The first kappa shape index (κ1) is 16.2. The van der Waals surface area contributed by atoms with E-state index in [0.29, 0.717) is 17.9 Å². The molecule has 126 valence electrons. The van der Waals surface area contributed by atoms with Gasteiger partial charge >= 0.3 is 0 Å². The van der Waals surface area contributed by atoms with Crippen LogP contribution in [0, 0.1) is 11.3 Å². The second-order valence-corrected chi connectivity index (χ2v) is 6.04. The van der Waals surface area contributed by atoms with Gasteiger partial charge in [-0.15, -0.1) is 0 Å². The van der Waals surface area contributed by atoms with Crippen molar-refractivity contribution in [1.82, 2.24) is 25.1 Å². The summed E-state index contributed by atoms with van der Waals surface area (Å²) >= 11 is 0. The summed E-state index contributed by atoms with van der Waals surface area (Å²) in [5, 5.41) is 19.9. The lowest BCUT2D eigenvalue weighted by molar-refractivity contribution is 0.373. The predicted molar refractivity (Wildman–Crippen MR) is 92.1 cm³/mol. The third-order valence-corrected chi connectivity index (χ3v) is 4.49. The predicted octanol–water partition coefficient (Wildman–Crippen LogP) is 1.40. The van der Waals surface area contributed by atoms with Crippen molar-refractivity contribution in [3.63, 3.8) is 0 Å². The van der Waals surface area contributed by atoms with Crippen LogP contribution in [0.1, 0.15) is 25.5 Å². The van der Waals surface area contributed by atoms with Gasteiger partial charge in [0.2, 0.25) is 0 Å². The van der Waals surface area contributed by atoms with E-state index in [0.717, 1.165) is 30.9 Å². The lowest BCUT2D eigenvalue weighted by Gasteiger charge is -2.40. The van der Waals surface area contributed by atoms with Crippen LogP contribution in [-0.4, -0.2) is 45.4 Å². The lowest BCUT2D eigenvalue weighted by atomic mass is 9.98. The Morgan fingerprint density at radius 3 is 2.88 bits per heavy atom. The fraction of sp³-hybridized carbons (Fsp3) is 0.500. The van der Waals surface area contributed by atoms with Crippen LogP contribution in [0.4, 0.5) is 17.3 Å². The summed E-state index contributed by atoms with van der Waals surface area (Å²) in [7, 11) is 3.83. The van der Waals surface area contributed by atoms with Crippen molar-refractivity contribution >= 4 is 17.3 Å². The first-order valence-corrected chi connectivity index (χ1v) is 8.09. The van der Waals surface area contributed by atoms with Crippen molar-refractivity contribution in [2.24, 2.45) is 7.05 Å². The molecule has 8 heteroatoms. The Bertz CT molecular complexity index is 747. The average Bonchev–Trinajstić information content (AvgIpc) is 3.00. The SMILES string of the molecule is CN[C@@H]1CCCN(c2cnc(C#N)c(Nc3cnn(C)c3)n2)[C@@H]1C. The Balaban J connectivity index is 1.89. The number of hydrogen-bond donors (Lipinski definition) is 2. The van der Waals surface area contributed by atoms with Gasteiger partial charge in [0.15, 0.2) is 11.5 Å². The molecule has 1 aliphatic rings. The molecule has 0 aliphatic carbocycles. The van der Waals surface area contributed by atoms with Crippen LogP contribution in [0.15, 0.2) is 18.6 Å². The standard InChI is InChI=1S/C16H22N8/c1-11-13(18-2)5-4-6-24(11)15-9-19-14(7-17)16(22-15)21-12-8-20-23(3)10-12/h8-11,13,18H,4-6H2,1-3H3,(H,21,22)/t11-,13-/m1/s1. The third-order valence-electron chi connectivity index (χ3n) is 4.49. The number of nitrogens with zero attached hydrogens (tertiary/aromatic N) is 6. The molecule has 0 unspecified atom stereocenters. The van der Waals surface area contributed by atoms with Gasteiger partial charge in [-0.25, -0.2) is 9.97 Å². The van der Waals surface area contributed by atoms with E-state index < -0.39 is 0 Å². The average molecular weight is 326 g/mol. The number of nitriles is 1. The van der Waals surface area contributed by atoms with E-state index in [-0.39, 0.29) is 5.69 Å². The minimum Gasteiger partial charge on any atom is -0.351 e. The van der Waals surface area contributed by atoms with Crippen LogP contribution in [0.5, 0.6) is 0 Å². The molecule has 0 spiro atoms. The maximum Gasteiger partial charge on any atom is 0.183 e. The smallest absolute Gasteiger partial charge is 0.183 e. The topological polar surface area (TPSA) is 94.7 Å². The Labute approximate surface area is 141 Å². The fourth-order valence-corrected chi connectivity index (χ4v) is 3.16. The highest BCUT2D eigenvalue weighted by Crippen LogP contribution is 2.26. The molecule has 0 radical (unpaired) electrons. The van der Waals surface area contributed by atoms with Crippen LogP contribution >= 0.6 is 0 Å². The zero-order valence-corrected chi connectivity index (χ0v) is 14.2. The van der Waals surface area contributed by atoms with E-state index in [1.807, 2.05) is 20.3 Å². The van der Waals surface area contributed by atoms with Crippen molar-refractivity contribution in [3.05, 3.63) is 24.3 Å². The summed E-state index contributed by atoms with van der Waals surface area (Å²) in [4.78, 5) is 11.2. The first-order valence-electron chi connectivity index (χ1n) is 8.09. The van der Waals surface area contributed by atoms with Gasteiger partial charge in [0.25, 0.3) is 0 Å². The van der Waals surface area contributed by atoms with Crippen LogP contribution < -0.4 is 15.5 Å². The van der Waals surface area contributed by atoms with Crippen molar-refractivity contribution in [3.8, 4) is 6.07 Å². The summed E-state index contributed by atoms with van der Waals surface area (Å²) in [6.07, 6.45) is 7.45. The van der Waals surface area contributed by atoms with Crippen LogP contribution in [0.2, 0.25) is 0 Å². The number of aryl methyl sites for hydroxylation is 1. The Morgan fingerprint density at radius 1 is 1.38 bits per heavy atom. The van der Waals surface area contributed by atoms with E-state index >= 15 is 0 Å². The second-order valence-electron chi connectivity index (χ2n) is 6.04. The molecule has 3 rings (SSSR count). The molecule has 1 saturated heterocycles. The molecule has 0 bridgehead atoms. The molecule has 0 aromatic carbocycles. The quantitative estimate of drug-likeness (QED) is 0.877. The highest BCUT2D eigenvalue weighted by molar-refractivity contribution is 5.61. The molecule has 1 aliphatic heterocycles. The van der Waals surface area contributed by atoms with Crippen LogP contribution in [-0.2, 0) is 7.05 Å². The molecule has 8 nitrogen and oxygen atoms in total. The number of piperidine rings is 1. The van der Waals surface area contributed by atoms with E-state index in [1.54, 1.807) is 17.1 Å². The number of likely N-dealkylation sites (N-methyl/N-ethyl adjacent to an activating group) is 1. The van der Waals surface area contributed by atoms with Gasteiger partial charge in [-0.1, -0.05) is 0 Å². The number of hydrogen-bond acceptors (Lipinski definition) is 7. The lowest BCUT2D eigenvalue weighted by Crippen LogP contribution is -2.52. The zero-order chi connectivity index (χ0) is 17.1. The van der Waals surface area contributed by atoms with E-state index in [2.05, 4.69) is 43.6 Å². The van der Waals surface area contributed by atoms with Gasteiger partial charge in [-0.05, 0) is 26.8 Å². The second kappa shape index (κ2) is 6.84. The van der Waals surface area contributed by atoms with Gasteiger partial charge in [0, 0.05) is 31.9 Å². The van der Waals surface area contributed by atoms with Gasteiger partial charge in [0.05, 0.1) is 18.1 Å². The Morgan fingerprint density at radius 2 is 2.21 bits per heavy atom. The number of anilines is 3. The molecule has 24 heavy (non-hydrogen) atoms. The molecular weight excluding hydrogens is 304 g/mol. The fourth-order valence-electron chi connectivity index (χ4n) is 3.16. The minimum absolute atomic E-state index is 0.275. The van der Waals surface area contributed by atoms with Crippen LogP contribution in [0.3, 0.4) is 0 Å². The maximum absolute atomic E-state index is 9.30.